The van der Waals surface area contributed by atoms with Gasteiger partial charge >= 0.3 is 0 Å². The smallest absolute Gasteiger partial charge is 0.273 e. The second-order valence-corrected chi connectivity index (χ2v) is 5.05. The molecule has 0 fully saturated rings. The van der Waals surface area contributed by atoms with Crippen LogP contribution in [0.15, 0.2) is 0 Å². The minimum atomic E-state index is -0.823. The van der Waals surface area contributed by atoms with Crippen molar-refractivity contribution in [3.8, 4) is 0 Å². The third-order valence-electron chi connectivity index (χ3n) is 2.10. The van der Waals surface area contributed by atoms with Gasteiger partial charge < -0.3 is 11.1 Å². The number of hydrogen-bond donors (Lipinski definition) is 3. The van der Waals surface area contributed by atoms with Crippen molar-refractivity contribution in [3.63, 3.8) is 0 Å². The van der Waals surface area contributed by atoms with Crippen LogP contribution in [0, 0.1) is 6.92 Å². The second kappa shape index (κ2) is 5.64. The van der Waals surface area contributed by atoms with Crippen LogP contribution in [-0.4, -0.2) is 38.9 Å². The molecule has 1 atom stereocenters. The Morgan fingerprint density at radius 3 is 2.81 bits per heavy atom. The molecule has 4 N–H and O–H groups in total. The maximum atomic E-state index is 11.6. The maximum absolute atomic E-state index is 11.6. The predicted molar refractivity (Wildman–Crippen MR) is 63.6 cm³/mol. The third kappa shape index (κ3) is 3.34. The monoisotopic (exact) mass is 244 g/mol. The van der Waals surface area contributed by atoms with Crippen LogP contribution in [-0.2, 0) is 10.8 Å². The molecule has 0 aliphatic heterocycles. The number of aromatic nitrogens is 2. The summed E-state index contributed by atoms with van der Waals surface area (Å²) in [5.74, 6) is 0.277. The largest absolute Gasteiger partial charge is 0.395 e. The fourth-order valence-corrected chi connectivity index (χ4v) is 1.72. The van der Waals surface area contributed by atoms with Gasteiger partial charge in [-0.25, -0.2) is 0 Å². The van der Waals surface area contributed by atoms with Crippen molar-refractivity contribution in [2.45, 2.75) is 13.3 Å². The average Bonchev–Trinajstić information content (AvgIpc) is 2.54. The van der Waals surface area contributed by atoms with Crippen LogP contribution in [0.2, 0.25) is 0 Å². The van der Waals surface area contributed by atoms with Crippen LogP contribution in [0.5, 0.6) is 0 Å². The molecule has 90 valence electrons. The molecule has 1 heterocycles. The predicted octanol–water partition coefficient (Wildman–Crippen LogP) is -0.201. The first-order valence-electron chi connectivity index (χ1n) is 4.91. The summed E-state index contributed by atoms with van der Waals surface area (Å²) >= 11 is 0. The van der Waals surface area contributed by atoms with Crippen molar-refractivity contribution < 1.29 is 9.00 Å². The molecule has 0 saturated carbocycles. The number of nitrogens with one attached hydrogen (secondary N) is 2. The van der Waals surface area contributed by atoms with Gasteiger partial charge in [-0.1, -0.05) is 0 Å². The van der Waals surface area contributed by atoms with E-state index in [-0.39, 0.29) is 11.6 Å². The highest BCUT2D eigenvalue weighted by atomic mass is 32.2. The number of nitrogens with two attached hydrogens (primary N) is 1. The summed E-state index contributed by atoms with van der Waals surface area (Å²) in [6, 6.07) is 0. The van der Waals surface area contributed by atoms with Crippen molar-refractivity contribution in [1.82, 2.24) is 15.5 Å². The molecular formula is C9H16N4O2S. The van der Waals surface area contributed by atoms with E-state index in [9.17, 15) is 9.00 Å². The van der Waals surface area contributed by atoms with E-state index in [1.807, 2.05) is 0 Å². The van der Waals surface area contributed by atoms with Gasteiger partial charge in [0, 0.05) is 29.4 Å². The van der Waals surface area contributed by atoms with E-state index >= 15 is 0 Å². The average molecular weight is 244 g/mol. The molecule has 7 heteroatoms. The lowest BCUT2D eigenvalue weighted by Crippen LogP contribution is -2.26. The van der Waals surface area contributed by atoms with Gasteiger partial charge in [-0.05, 0) is 13.3 Å². The summed E-state index contributed by atoms with van der Waals surface area (Å²) in [5, 5.41) is 9.12. The molecule has 0 aliphatic rings. The Labute approximate surface area is 96.4 Å². The zero-order valence-electron chi connectivity index (χ0n) is 9.37. The van der Waals surface area contributed by atoms with E-state index < -0.39 is 10.8 Å². The lowest BCUT2D eigenvalue weighted by molar-refractivity contribution is 0.0949. The Balaban J connectivity index is 2.41. The normalized spacial score (nSPS) is 12.4. The minimum absolute atomic E-state index is 0.218. The highest BCUT2D eigenvalue weighted by Gasteiger charge is 2.14. The molecule has 1 aromatic rings. The molecule has 1 amide bonds. The molecule has 1 aromatic heterocycles. The summed E-state index contributed by atoms with van der Waals surface area (Å²) in [7, 11) is -0.823. The van der Waals surface area contributed by atoms with Crippen LogP contribution in [0.4, 0.5) is 5.69 Å². The third-order valence-corrected chi connectivity index (χ3v) is 2.97. The van der Waals surface area contributed by atoms with E-state index in [1.165, 1.54) is 0 Å². The van der Waals surface area contributed by atoms with Crippen molar-refractivity contribution in [1.29, 1.82) is 0 Å². The van der Waals surface area contributed by atoms with Crippen LogP contribution in [0.3, 0.4) is 0 Å². The number of carbonyl (C=O) groups excluding carboxylic acids is 1. The van der Waals surface area contributed by atoms with Gasteiger partial charge in [-0.2, -0.15) is 5.10 Å². The molecular weight excluding hydrogens is 228 g/mol. The summed E-state index contributed by atoms with van der Waals surface area (Å²) in [5.41, 5.74) is 6.92. The number of anilines is 1. The highest BCUT2D eigenvalue weighted by molar-refractivity contribution is 7.84. The van der Waals surface area contributed by atoms with E-state index in [0.717, 1.165) is 0 Å². The van der Waals surface area contributed by atoms with Gasteiger partial charge in [0.1, 0.15) is 0 Å². The molecule has 1 rings (SSSR count). The van der Waals surface area contributed by atoms with Gasteiger partial charge in [0.2, 0.25) is 0 Å². The number of hydrogen-bond acceptors (Lipinski definition) is 4. The first kappa shape index (κ1) is 12.7. The molecule has 16 heavy (non-hydrogen) atoms. The molecule has 0 radical (unpaired) electrons. The van der Waals surface area contributed by atoms with E-state index in [2.05, 4.69) is 15.5 Å². The first-order chi connectivity index (χ1) is 7.52. The Kier molecular flexibility index (Phi) is 4.48. The number of carbonyl (C=O) groups is 1. The Morgan fingerprint density at radius 1 is 1.62 bits per heavy atom. The number of amides is 1. The molecule has 6 nitrogen and oxygen atoms in total. The standard InChI is InChI=1S/C9H16N4O2S/c1-6-7(10)8(13-12-6)9(14)11-4-3-5-16(2)15/h3-5,10H2,1-2H3,(H,11,14)(H,12,13). The van der Waals surface area contributed by atoms with Gasteiger partial charge in [-0.15, -0.1) is 0 Å². The lowest BCUT2D eigenvalue weighted by atomic mass is 10.3. The zero-order valence-corrected chi connectivity index (χ0v) is 10.2. The van der Waals surface area contributed by atoms with Gasteiger partial charge in [0.15, 0.2) is 5.69 Å². The van der Waals surface area contributed by atoms with Crippen LogP contribution < -0.4 is 11.1 Å². The van der Waals surface area contributed by atoms with E-state index in [4.69, 9.17) is 5.73 Å². The second-order valence-electron chi connectivity index (χ2n) is 3.50. The number of rotatable bonds is 5. The molecule has 0 spiro atoms. The summed E-state index contributed by atoms with van der Waals surface area (Å²) in [6.45, 7) is 2.23. The van der Waals surface area contributed by atoms with Crippen molar-refractivity contribution >= 4 is 22.4 Å². The topological polar surface area (TPSA) is 101 Å². The molecule has 0 saturated heterocycles. The van der Waals surface area contributed by atoms with Gasteiger partial charge in [0.25, 0.3) is 5.91 Å². The fraction of sp³-hybridized carbons (Fsp3) is 0.556. The van der Waals surface area contributed by atoms with Crippen LogP contribution in [0.25, 0.3) is 0 Å². The van der Waals surface area contributed by atoms with Gasteiger partial charge in [-0.3, -0.25) is 14.1 Å². The number of aryl methyl sites for hydroxylation is 1. The number of H-pyrrole nitrogens is 1. The quantitative estimate of drug-likeness (QED) is 0.624. The number of nitrogen functional groups attached to an aromatic ring is 1. The Hall–Kier alpha value is -1.37. The Morgan fingerprint density at radius 2 is 2.31 bits per heavy atom. The minimum Gasteiger partial charge on any atom is -0.395 e. The molecule has 1 unspecified atom stereocenters. The van der Waals surface area contributed by atoms with Crippen molar-refractivity contribution in [2.24, 2.45) is 0 Å². The fourth-order valence-electron chi connectivity index (χ4n) is 1.17. The molecule has 0 aromatic carbocycles. The van der Waals surface area contributed by atoms with Crippen molar-refractivity contribution in [3.05, 3.63) is 11.4 Å². The van der Waals surface area contributed by atoms with Crippen molar-refractivity contribution in [2.75, 3.05) is 24.3 Å². The molecule has 0 bridgehead atoms. The van der Waals surface area contributed by atoms with Crippen LogP contribution >= 0.6 is 0 Å². The number of nitrogens with zero attached hydrogens (tertiary/aromatic N) is 1. The SMILES string of the molecule is Cc1[nH]nc(C(=O)NCCCS(C)=O)c1N. The summed E-state index contributed by atoms with van der Waals surface area (Å²) in [6.07, 6.45) is 2.31. The van der Waals surface area contributed by atoms with Gasteiger partial charge in [0.05, 0.1) is 11.4 Å². The zero-order chi connectivity index (χ0) is 12.1. The first-order valence-corrected chi connectivity index (χ1v) is 6.63. The highest BCUT2D eigenvalue weighted by Crippen LogP contribution is 2.11. The van der Waals surface area contributed by atoms with E-state index in [0.29, 0.717) is 30.1 Å². The maximum Gasteiger partial charge on any atom is 0.273 e. The lowest BCUT2D eigenvalue weighted by Gasteiger charge is -2.02. The van der Waals surface area contributed by atoms with E-state index in [1.54, 1.807) is 13.2 Å². The Bertz CT molecular complexity index is 402. The summed E-state index contributed by atoms with van der Waals surface area (Å²) < 4.78 is 10.8. The molecule has 0 aliphatic carbocycles. The number of aromatic amines is 1. The summed E-state index contributed by atoms with van der Waals surface area (Å²) in [4.78, 5) is 11.6. The van der Waals surface area contributed by atoms with Crippen LogP contribution in [0.1, 0.15) is 22.6 Å².